The molecule has 2 rings (SSSR count). The van der Waals surface area contributed by atoms with Gasteiger partial charge in [0.15, 0.2) is 17.6 Å². The smallest absolute Gasteiger partial charge is 0.200 e. The summed E-state index contributed by atoms with van der Waals surface area (Å²) < 4.78 is 4.94. The zero-order chi connectivity index (χ0) is 6.97. The first kappa shape index (κ1) is 5.22. The zero-order valence-corrected chi connectivity index (χ0v) is 5.11. The van der Waals surface area contributed by atoms with Gasteiger partial charge in [-0.1, -0.05) is 0 Å². The molecule has 2 heterocycles. The lowest BCUT2D eigenvalue weighted by Crippen LogP contribution is -1.88. The van der Waals surface area contributed by atoms with Gasteiger partial charge in [-0.2, -0.15) is 4.98 Å². The SMILES string of the molecule is Nc1ccc2ocnc2n1. The number of fused-ring (bicyclic) bond motifs is 1. The summed E-state index contributed by atoms with van der Waals surface area (Å²) in [6, 6.07) is 3.41. The molecule has 0 bridgehead atoms. The quantitative estimate of drug-likeness (QED) is 0.580. The van der Waals surface area contributed by atoms with Crippen LogP contribution in [0.5, 0.6) is 0 Å². The van der Waals surface area contributed by atoms with Crippen LogP contribution >= 0.6 is 0 Å². The van der Waals surface area contributed by atoms with E-state index in [2.05, 4.69) is 9.97 Å². The monoisotopic (exact) mass is 135 g/mol. The highest BCUT2D eigenvalue weighted by Crippen LogP contribution is 2.10. The predicted molar refractivity (Wildman–Crippen MR) is 36.2 cm³/mol. The molecule has 0 saturated carbocycles. The Kier molecular flexibility index (Phi) is 0.887. The van der Waals surface area contributed by atoms with Gasteiger partial charge in [-0.3, -0.25) is 0 Å². The van der Waals surface area contributed by atoms with Crippen molar-refractivity contribution in [2.24, 2.45) is 0 Å². The maximum Gasteiger partial charge on any atom is 0.200 e. The van der Waals surface area contributed by atoms with Gasteiger partial charge in [-0.15, -0.1) is 0 Å². The van der Waals surface area contributed by atoms with Gasteiger partial charge in [0.25, 0.3) is 0 Å². The lowest BCUT2D eigenvalue weighted by atomic mass is 10.4. The third kappa shape index (κ3) is 0.621. The van der Waals surface area contributed by atoms with Gasteiger partial charge >= 0.3 is 0 Å². The molecule has 0 amide bonds. The van der Waals surface area contributed by atoms with Crippen LogP contribution in [0.25, 0.3) is 11.2 Å². The van der Waals surface area contributed by atoms with E-state index in [-0.39, 0.29) is 0 Å². The van der Waals surface area contributed by atoms with E-state index in [0.29, 0.717) is 17.0 Å². The van der Waals surface area contributed by atoms with Crippen LogP contribution in [0.2, 0.25) is 0 Å². The van der Waals surface area contributed by atoms with Crippen molar-refractivity contribution < 1.29 is 4.42 Å². The fourth-order valence-electron chi connectivity index (χ4n) is 0.768. The van der Waals surface area contributed by atoms with E-state index in [1.54, 1.807) is 12.1 Å². The van der Waals surface area contributed by atoms with Crippen molar-refractivity contribution in [3.8, 4) is 0 Å². The second-order valence-corrected chi connectivity index (χ2v) is 1.91. The molecular formula is C6H5N3O. The Hall–Kier alpha value is -1.58. The molecular weight excluding hydrogens is 130 g/mol. The van der Waals surface area contributed by atoms with Crippen molar-refractivity contribution in [3.05, 3.63) is 18.5 Å². The van der Waals surface area contributed by atoms with Crippen molar-refractivity contribution in [1.29, 1.82) is 0 Å². The lowest BCUT2D eigenvalue weighted by Gasteiger charge is -1.87. The van der Waals surface area contributed by atoms with Crippen molar-refractivity contribution in [2.45, 2.75) is 0 Å². The highest BCUT2D eigenvalue weighted by molar-refractivity contribution is 5.68. The molecule has 4 nitrogen and oxygen atoms in total. The minimum atomic E-state index is 0.460. The number of aromatic nitrogens is 2. The van der Waals surface area contributed by atoms with Gasteiger partial charge in [0.1, 0.15) is 5.82 Å². The van der Waals surface area contributed by atoms with Gasteiger partial charge < -0.3 is 10.2 Å². The van der Waals surface area contributed by atoms with Gasteiger partial charge in [-0.25, -0.2) is 4.98 Å². The molecule has 2 aromatic rings. The predicted octanol–water partition coefficient (Wildman–Crippen LogP) is 0.805. The molecule has 4 heteroatoms. The van der Waals surface area contributed by atoms with Crippen LogP contribution in [0.15, 0.2) is 22.9 Å². The maximum absolute atomic E-state index is 5.39. The number of pyridine rings is 1. The molecule has 0 aliphatic carbocycles. The number of nitrogen functional groups attached to an aromatic ring is 1. The summed E-state index contributed by atoms with van der Waals surface area (Å²) in [6.45, 7) is 0. The fourth-order valence-corrected chi connectivity index (χ4v) is 0.768. The Morgan fingerprint density at radius 3 is 3.20 bits per heavy atom. The number of nitrogens with zero attached hydrogens (tertiary/aromatic N) is 2. The van der Waals surface area contributed by atoms with Crippen LogP contribution in [0, 0.1) is 0 Å². The number of rotatable bonds is 0. The molecule has 2 N–H and O–H groups in total. The van der Waals surface area contributed by atoms with Gasteiger partial charge in [0.05, 0.1) is 0 Å². The molecule has 2 aromatic heterocycles. The van der Waals surface area contributed by atoms with Crippen molar-refractivity contribution in [3.63, 3.8) is 0 Å². The number of hydrogen-bond acceptors (Lipinski definition) is 4. The van der Waals surface area contributed by atoms with Crippen molar-refractivity contribution in [1.82, 2.24) is 9.97 Å². The van der Waals surface area contributed by atoms with Gasteiger partial charge in [0, 0.05) is 0 Å². The maximum atomic E-state index is 5.39. The first-order valence-corrected chi connectivity index (χ1v) is 2.82. The average molecular weight is 135 g/mol. The van der Waals surface area contributed by atoms with E-state index in [4.69, 9.17) is 10.2 Å². The first-order chi connectivity index (χ1) is 4.86. The zero-order valence-electron chi connectivity index (χ0n) is 5.11. The number of hydrogen-bond donors (Lipinski definition) is 1. The molecule has 0 saturated heterocycles. The summed E-state index contributed by atoms with van der Waals surface area (Å²) >= 11 is 0. The average Bonchev–Trinajstić information content (AvgIpc) is 2.33. The van der Waals surface area contributed by atoms with Gasteiger partial charge in [-0.05, 0) is 12.1 Å². The largest absolute Gasteiger partial charge is 0.442 e. The fraction of sp³-hybridized carbons (Fsp3) is 0. The minimum absolute atomic E-state index is 0.460. The van der Waals surface area contributed by atoms with E-state index >= 15 is 0 Å². The van der Waals surface area contributed by atoms with Crippen LogP contribution < -0.4 is 5.73 Å². The molecule has 50 valence electrons. The topological polar surface area (TPSA) is 64.9 Å². The number of nitrogens with two attached hydrogens (primary N) is 1. The molecule has 0 aliphatic heterocycles. The Morgan fingerprint density at radius 2 is 2.30 bits per heavy atom. The van der Waals surface area contributed by atoms with Crippen LogP contribution in [0.3, 0.4) is 0 Å². The first-order valence-electron chi connectivity index (χ1n) is 2.82. The molecule has 0 unspecified atom stereocenters. The van der Waals surface area contributed by atoms with Crippen molar-refractivity contribution >= 4 is 17.0 Å². The number of oxazole rings is 1. The third-order valence-electron chi connectivity index (χ3n) is 1.22. The summed E-state index contributed by atoms with van der Waals surface area (Å²) in [5, 5.41) is 0. The highest BCUT2D eigenvalue weighted by atomic mass is 16.3. The Morgan fingerprint density at radius 1 is 1.40 bits per heavy atom. The summed E-state index contributed by atoms with van der Waals surface area (Å²) in [6.07, 6.45) is 1.34. The molecule has 10 heavy (non-hydrogen) atoms. The molecule has 0 radical (unpaired) electrons. The Balaban J connectivity index is 2.86. The molecule has 0 aromatic carbocycles. The summed E-state index contributed by atoms with van der Waals surface area (Å²) in [5.41, 5.74) is 6.61. The van der Waals surface area contributed by atoms with Crippen LogP contribution in [0.1, 0.15) is 0 Å². The van der Waals surface area contributed by atoms with Crippen molar-refractivity contribution in [2.75, 3.05) is 5.73 Å². The highest BCUT2D eigenvalue weighted by Gasteiger charge is 1.97. The second kappa shape index (κ2) is 1.70. The number of anilines is 1. The van der Waals surface area contributed by atoms with E-state index in [0.717, 1.165) is 0 Å². The van der Waals surface area contributed by atoms with E-state index in [9.17, 15) is 0 Å². The van der Waals surface area contributed by atoms with Crippen LogP contribution in [-0.4, -0.2) is 9.97 Å². The van der Waals surface area contributed by atoms with E-state index in [1.807, 2.05) is 0 Å². The van der Waals surface area contributed by atoms with E-state index in [1.165, 1.54) is 6.39 Å². The molecule has 0 aliphatic rings. The summed E-state index contributed by atoms with van der Waals surface area (Å²) in [5.74, 6) is 0.460. The summed E-state index contributed by atoms with van der Waals surface area (Å²) in [7, 11) is 0. The van der Waals surface area contributed by atoms with E-state index < -0.39 is 0 Å². The van der Waals surface area contributed by atoms with Crippen LogP contribution in [0.4, 0.5) is 5.82 Å². The lowest BCUT2D eigenvalue weighted by molar-refractivity contribution is 0.602. The second-order valence-electron chi connectivity index (χ2n) is 1.91. The molecule has 0 spiro atoms. The van der Waals surface area contributed by atoms with Gasteiger partial charge in [0.2, 0.25) is 0 Å². The molecule has 0 fully saturated rings. The Labute approximate surface area is 56.7 Å². The standard InChI is InChI=1S/C6H5N3O/c7-5-2-1-4-6(9-5)8-3-10-4/h1-3H,(H2,7,9). The molecule has 0 atom stereocenters. The minimum Gasteiger partial charge on any atom is -0.442 e. The Bertz CT molecular complexity index is 355. The van der Waals surface area contributed by atoms with Crippen LogP contribution in [-0.2, 0) is 0 Å². The summed E-state index contributed by atoms with van der Waals surface area (Å²) in [4.78, 5) is 7.73. The third-order valence-corrected chi connectivity index (χ3v) is 1.22. The normalized spacial score (nSPS) is 10.4.